The molecule has 1 aliphatic rings. The molecule has 1 aromatic heterocycles. The number of rotatable bonds is 2. The molecule has 1 aromatic rings. The van der Waals surface area contributed by atoms with Gasteiger partial charge in [0.05, 0.1) is 8.81 Å². The van der Waals surface area contributed by atoms with Gasteiger partial charge < -0.3 is 0 Å². The molecule has 2 heterocycles. The van der Waals surface area contributed by atoms with Crippen LogP contribution in [0.15, 0.2) is 14.1 Å². The van der Waals surface area contributed by atoms with E-state index in [1.54, 1.807) is 4.31 Å². The summed E-state index contributed by atoms with van der Waals surface area (Å²) in [7, 11) is -3.39. The summed E-state index contributed by atoms with van der Waals surface area (Å²) in [6, 6.07) is 1.58. The zero-order valence-electron chi connectivity index (χ0n) is 9.48. The van der Waals surface area contributed by atoms with Crippen molar-refractivity contribution in [3.05, 3.63) is 14.9 Å². The van der Waals surface area contributed by atoms with Crippen LogP contribution in [0.5, 0.6) is 0 Å². The highest BCUT2D eigenvalue weighted by Gasteiger charge is 2.37. The molecule has 1 aliphatic heterocycles. The molecule has 96 valence electrons. The van der Waals surface area contributed by atoms with Gasteiger partial charge in [-0.15, -0.1) is 11.3 Å². The van der Waals surface area contributed by atoms with Gasteiger partial charge in [0.25, 0.3) is 10.0 Å². The molecule has 2 unspecified atom stereocenters. The van der Waals surface area contributed by atoms with Gasteiger partial charge in [0, 0.05) is 12.6 Å². The lowest BCUT2D eigenvalue weighted by molar-refractivity contribution is 0.407. The van der Waals surface area contributed by atoms with E-state index in [4.69, 9.17) is 11.6 Å². The molecule has 0 radical (unpaired) electrons. The maximum absolute atomic E-state index is 12.4. The third-order valence-corrected chi connectivity index (χ3v) is 7.82. The Morgan fingerprint density at radius 1 is 1.53 bits per heavy atom. The fourth-order valence-electron chi connectivity index (χ4n) is 2.17. The van der Waals surface area contributed by atoms with Crippen LogP contribution >= 0.6 is 38.9 Å². The van der Waals surface area contributed by atoms with E-state index < -0.39 is 10.0 Å². The first-order valence-electron chi connectivity index (χ1n) is 5.29. The van der Waals surface area contributed by atoms with Crippen molar-refractivity contribution in [2.24, 2.45) is 5.92 Å². The summed E-state index contributed by atoms with van der Waals surface area (Å²) in [4.78, 5) is 0. The van der Waals surface area contributed by atoms with E-state index in [2.05, 4.69) is 22.9 Å². The van der Waals surface area contributed by atoms with Crippen LogP contribution in [0.4, 0.5) is 0 Å². The Balaban J connectivity index is 2.37. The molecular weight excluding hydrogens is 346 g/mol. The fourth-order valence-corrected chi connectivity index (χ4v) is 6.46. The number of hydrogen-bond donors (Lipinski definition) is 0. The highest BCUT2D eigenvalue weighted by molar-refractivity contribution is 9.11. The number of halogens is 2. The molecule has 0 amide bonds. The molecule has 0 aliphatic carbocycles. The van der Waals surface area contributed by atoms with Crippen molar-refractivity contribution >= 4 is 48.9 Å². The van der Waals surface area contributed by atoms with Crippen LogP contribution in [0, 0.1) is 5.92 Å². The van der Waals surface area contributed by atoms with E-state index in [-0.39, 0.29) is 6.04 Å². The van der Waals surface area contributed by atoms with Crippen LogP contribution in [0.2, 0.25) is 5.02 Å². The van der Waals surface area contributed by atoms with Crippen LogP contribution < -0.4 is 0 Å². The van der Waals surface area contributed by atoms with Gasteiger partial charge in [0.15, 0.2) is 0 Å². The summed E-state index contributed by atoms with van der Waals surface area (Å²) in [5, 5.41) is 0.452. The van der Waals surface area contributed by atoms with Crippen molar-refractivity contribution < 1.29 is 8.42 Å². The minimum Gasteiger partial charge on any atom is -0.206 e. The maximum atomic E-state index is 12.4. The van der Waals surface area contributed by atoms with Gasteiger partial charge in [-0.05, 0) is 41.3 Å². The van der Waals surface area contributed by atoms with Crippen molar-refractivity contribution in [3.8, 4) is 0 Å². The van der Waals surface area contributed by atoms with Crippen LogP contribution in [0.3, 0.4) is 0 Å². The highest BCUT2D eigenvalue weighted by atomic mass is 79.9. The van der Waals surface area contributed by atoms with Gasteiger partial charge in [-0.3, -0.25) is 0 Å². The Labute approximate surface area is 119 Å². The largest absolute Gasteiger partial charge is 0.252 e. The molecule has 0 aromatic carbocycles. The second-order valence-electron chi connectivity index (χ2n) is 4.45. The Morgan fingerprint density at radius 2 is 2.18 bits per heavy atom. The Kier molecular flexibility index (Phi) is 3.91. The molecule has 3 nitrogen and oxygen atoms in total. The lowest BCUT2D eigenvalue weighted by atomic mass is 10.1. The third kappa shape index (κ3) is 2.56. The van der Waals surface area contributed by atoms with Crippen LogP contribution in [0.1, 0.15) is 20.3 Å². The normalized spacial score (nSPS) is 26.6. The number of hydrogen-bond acceptors (Lipinski definition) is 3. The van der Waals surface area contributed by atoms with Gasteiger partial charge in [0.2, 0.25) is 0 Å². The first kappa shape index (κ1) is 13.8. The molecule has 0 bridgehead atoms. The van der Waals surface area contributed by atoms with Crippen molar-refractivity contribution in [1.29, 1.82) is 0 Å². The topological polar surface area (TPSA) is 37.4 Å². The lowest BCUT2D eigenvalue weighted by Crippen LogP contribution is -2.33. The summed E-state index contributed by atoms with van der Waals surface area (Å²) >= 11 is 10.3. The molecule has 7 heteroatoms. The minimum atomic E-state index is -3.39. The van der Waals surface area contributed by atoms with Gasteiger partial charge in [-0.2, -0.15) is 4.31 Å². The minimum absolute atomic E-state index is 0.0645. The van der Waals surface area contributed by atoms with E-state index in [0.717, 1.165) is 6.42 Å². The van der Waals surface area contributed by atoms with Crippen LogP contribution in [0.25, 0.3) is 0 Å². The first-order chi connectivity index (χ1) is 7.82. The molecule has 0 N–H and O–H groups in total. The molecule has 0 saturated carbocycles. The predicted molar refractivity (Wildman–Crippen MR) is 74.2 cm³/mol. The standard InChI is InChI=1S/C10H13BrClNO2S2/c1-6-3-7(2)13(5-6)17(14,15)9-4-8(12)10(11)16-9/h4,6-7H,3,5H2,1-2H3. The quantitative estimate of drug-likeness (QED) is 0.810. The van der Waals surface area contributed by atoms with E-state index >= 15 is 0 Å². The van der Waals surface area contributed by atoms with E-state index in [1.807, 2.05) is 6.92 Å². The van der Waals surface area contributed by atoms with Gasteiger partial charge in [-0.1, -0.05) is 18.5 Å². The average Bonchev–Trinajstić information content (AvgIpc) is 2.72. The smallest absolute Gasteiger partial charge is 0.206 e. The Morgan fingerprint density at radius 3 is 2.59 bits per heavy atom. The van der Waals surface area contributed by atoms with E-state index in [0.29, 0.717) is 25.5 Å². The molecule has 2 rings (SSSR count). The summed E-state index contributed by atoms with van der Waals surface area (Å²) < 4.78 is 27.4. The number of nitrogens with zero attached hydrogens (tertiary/aromatic N) is 1. The number of thiophene rings is 1. The van der Waals surface area contributed by atoms with Gasteiger partial charge in [0.1, 0.15) is 4.21 Å². The molecule has 0 spiro atoms. The zero-order chi connectivity index (χ0) is 12.8. The SMILES string of the molecule is CC1CC(C)N(S(=O)(=O)c2cc(Cl)c(Br)s2)C1. The van der Waals surface area contributed by atoms with Crippen molar-refractivity contribution in [3.63, 3.8) is 0 Å². The van der Waals surface area contributed by atoms with Crippen molar-refractivity contribution in [2.75, 3.05) is 6.54 Å². The highest BCUT2D eigenvalue weighted by Crippen LogP contribution is 2.38. The summed E-state index contributed by atoms with van der Waals surface area (Å²) in [6.45, 7) is 4.62. The fraction of sp³-hybridized carbons (Fsp3) is 0.600. The predicted octanol–water partition coefficient (Wildman–Crippen LogP) is 3.58. The van der Waals surface area contributed by atoms with Gasteiger partial charge in [-0.25, -0.2) is 8.42 Å². The maximum Gasteiger partial charge on any atom is 0.252 e. The zero-order valence-corrected chi connectivity index (χ0v) is 13.5. The summed E-state index contributed by atoms with van der Waals surface area (Å²) in [5.74, 6) is 0.415. The monoisotopic (exact) mass is 357 g/mol. The van der Waals surface area contributed by atoms with Crippen LogP contribution in [-0.2, 0) is 10.0 Å². The third-order valence-electron chi connectivity index (χ3n) is 2.91. The summed E-state index contributed by atoms with van der Waals surface area (Å²) in [5.41, 5.74) is 0. The molecular formula is C10H13BrClNO2S2. The van der Waals surface area contributed by atoms with Crippen molar-refractivity contribution in [1.82, 2.24) is 4.31 Å². The Hall–Kier alpha value is 0.380. The molecule has 1 saturated heterocycles. The second-order valence-corrected chi connectivity index (χ2v) is 9.35. The van der Waals surface area contributed by atoms with Crippen molar-refractivity contribution in [2.45, 2.75) is 30.5 Å². The molecule has 1 fully saturated rings. The molecule has 2 atom stereocenters. The lowest BCUT2D eigenvalue weighted by Gasteiger charge is -2.19. The molecule has 17 heavy (non-hydrogen) atoms. The van der Waals surface area contributed by atoms with E-state index in [1.165, 1.54) is 17.4 Å². The average molecular weight is 359 g/mol. The van der Waals surface area contributed by atoms with Crippen LogP contribution in [-0.4, -0.2) is 25.3 Å². The Bertz CT molecular complexity index is 509. The summed E-state index contributed by atoms with van der Waals surface area (Å²) in [6.07, 6.45) is 0.916. The van der Waals surface area contributed by atoms with Gasteiger partial charge >= 0.3 is 0 Å². The first-order valence-corrected chi connectivity index (χ1v) is 8.71. The van der Waals surface area contributed by atoms with E-state index in [9.17, 15) is 8.42 Å². The second kappa shape index (κ2) is 4.81. The number of sulfonamides is 1.